The average Bonchev–Trinajstić information content (AvgIpc) is 2.80. The quantitative estimate of drug-likeness (QED) is 0.944. The Kier molecular flexibility index (Phi) is 4.53. The third-order valence-electron chi connectivity index (χ3n) is 3.23. The lowest BCUT2D eigenvalue weighted by molar-refractivity contribution is 0.0833. The van der Waals surface area contributed by atoms with Crippen LogP contribution < -0.4 is 10.6 Å². The lowest BCUT2D eigenvalue weighted by Crippen LogP contribution is -2.21. The first-order valence-corrected chi connectivity index (χ1v) is 7.57. The summed E-state index contributed by atoms with van der Waals surface area (Å²) in [6, 6.07) is 10.3. The van der Waals surface area contributed by atoms with Gasteiger partial charge < -0.3 is 15.5 Å². The van der Waals surface area contributed by atoms with Gasteiger partial charge in [-0.15, -0.1) is 11.3 Å². The van der Waals surface area contributed by atoms with Gasteiger partial charge in [0.05, 0.1) is 10.7 Å². The maximum atomic E-state index is 12.0. The zero-order valence-electron chi connectivity index (χ0n) is 12.9. The van der Waals surface area contributed by atoms with Crippen molar-refractivity contribution in [1.82, 2.24) is 4.90 Å². The number of carbonyl (C=O) groups excluding carboxylic acids is 1. The molecule has 5 heteroatoms. The van der Waals surface area contributed by atoms with E-state index in [0.29, 0.717) is 10.6 Å². The van der Waals surface area contributed by atoms with Crippen molar-refractivity contribution < 1.29 is 4.79 Å². The van der Waals surface area contributed by atoms with Crippen LogP contribution in [0.5, 0.6) is 0 Å². The minimum absolute atomic E-state index is 0.0484. The number of amides is 1. The highest BCUT2D eigenvalue weighted by Gasteiger charge is 2.17. The van der Waals surface area contributed by atoms with Gasteiger partial charge in [-0.2, -0.15) is 0 Å². The van der Waals surface area contributed by atoms with E-state index in [1.54, 1.807) is 19.0 Å². The molecule has 0 unspecified atom stereocenters. The van der Waals surface area contributed by atoms with Gasteiger partial charge in [-0.05, 0) is 18.6 Å². The van der Waals surface area contributed by atoms with Crippen molar-refractivity contribution in [3.63, 3.8) is 0 Å². The fourth-order valence-electron chi connectivity index (χ4n) is 2.11. The SMILES string of the molecule is Cc1cccc(CN(C)c2cc(N)c(C(=O)N(C)C)s2)c1. The number of benzene rings is 1. The fraction of sp³-hybridized carbons (Fsp3) is 0.312. The second kappa shape index (κ2) is 6.18. The molecule has 0 bridgehead atoms. The summed E-state index contributed by atoms with van der Waals surface area (Å²) < 4.78 is 0. The number of nitrogen functional groups attached to an aromatic ring is 1. The van der Waals surface area contributed by atoms with Crippen molar-refractivity contribution in [2.75, 3.05) is 31.8 Å². The Morgan fingerprint density at radius 1 is 1.24 bits per heavy atom. The number of nitrogens with zero attached hydrogens (tertiary/aromatic N) is 2. The van der Waals surface area contributed by atoms with Crippen LogP contribution in [0.25, 0.3) is 0 Å². The summed E-state index contributed by atoms with van der Waals surface area (Å²) in [4.78, 5) is 16.3. The summed E-state index contributed by atoms with van der Waals surface area (Å²) in [6.07, 6.45) is 0. The lowest BCUT2D eigenvalue weighted by Gasteiger charge is -2.17. The van der Waals surface area contributed by atoms with Crippen molar-refractivity contribution in [3.8, 4) is 0 Å². The molecule has 0 spiro atoms. The Labute approximate surface area is 129 Å². The number of anilines is 2. The van der Waals surface area contributed by atoms with Crippen LogP contribution in [0, 0.1) is 6.92 Å². The number of hydrogen-bond acceptors (Lipinski definition) is 4. The molecule has 1 aromatic heterocycles. The van der Waals surface area contributed by atoms with Gasteiger partial charge in [0.2, 0.25) is 0 Å². The Balaban J connectivity index is 2.18. The van der Waals surface area contributed by atoms with Crippen LogP contribution in [0.3, 0.4) is 0 Å². The van der Waals surface area contributed by atoms with E-state index < -0.39 is 0 Å². The zero-order chi connectivity index (χ0) is 15.6. The maximum Gasteiger partial charge on any atom is 0.265 e. The first-order chi connectivity index (χ1) is 9.88. The molecular weight excluding hydrogens is 282 g/mol. The summed E-state index contributed by atoms with van der Waals surface area (Å²) in [7, 11) is 5.48. The average molecular weight is 303 g/mol. The molecule has 0 aliphatic rings. The summed E-state index contributed by atoms with van der Waals surface area (Å²) in [6.45, 7) is 2.87. The Morgan fingerprint density at radius 3 is 2.57 bits per heavy atom. The van der Waals surface area contributed by atoms with Crippen molar-refractivity contribution >= 4 is 27.9 Å². The van der Waals surface area contributed by atoms with Gasteiger partial charge in [0.25, 0.3) is 5.91 Å². The monoisotopic (exact) mass is 303 g/mol. The number of nitrogens with two attached hydrogens (primary N) is 1. The highest BCUT2D eigenvalue weighted by molar-refractivity contribution is 7.18. The number of rotatable bonds is 4. The second-order valence-electron chi connectivity index (χ2n) is 5.41. The summed E-state index contributed by atoms with van der Waals surface area (Å²) in [5.41, 5.74) is 9.00. The molecule has 2 rings (SSSR count). The molecule has 1 amide bonds. The van der Waals surface area contributed by atoms with Crippen LogP contribution in [0.15, 0.2) is 30.3 Å². The number of hydrogen-bond donors (Lipinski definition) is 1. The third-order valence-corrected chi connectivity index (χ3v) is 4.48. The van der Waals surface area contributed by atoms with Gasteiger partial charge in [-0.1, -0.05) is 29.8 Å². The van der Waals surface area contributed by atoms with E-state index in [-0.39, 0.29) is 5.91 Å². The molecule has 0 saturated carbocycles. The smallest absolute Gasteiger partial charge is 0.265 e. The molecule has 21 heavy (non-hydrogen) atoms. The maximum absolute atomic E-state index is 12.0. The Hall–Kier alpha value is -2.01. The Morgan fingerprint density at radius 2 is 1.95 bits per heavy atom. The van der Waals surface area contributed by atoms with E-state index in [2.05, 4.69) is 36.1 Å². The van der Waals surface area contributed by atoms with Gasteiger partial charge in [-0.3, -0.25) is 4.79 Å². The topological polar surface area (TPSA) is 49.6 Å². The molecule has 2 N–H and O–H groups in total. The van der Waals surface area contributed by atoms with Crippen molar-refractivity contribution in [1.29, 1.82) is 0 Å². The highest BCUT2D eigenvalue weighted by Crippen LogP contribution is 2.33. The molecular formula is C16H21N3OS. The van der Waals surface area contributed by atoms with E-state index in [4.69, 9.17) is 5.73 Å². The largest absolute Gasteiger partial charge is 0.397 e. The normalized spacial score (nSPS) is 10.5. The molecule has 1 aromatic carbocycles. The highest BCUT2D eigenvalue weighted by atomic mass is 32.1. The number of thiophene rings is 1. The molecule has 0 atom stereocenters. The molecule has 1 heterocycles. The predicted molar refractivity (Wildman–Crippen MR) is 90.0 cm³/mol. The van der Waals surface area contributed by atoms with Gasteiger partial charge in [0.15, 0.2) is 0 Å². The van der Waals surface area contributed by atoms with E-state index in [0.717, 1.165) is 11.5 Å². The van der Waals surface area contributed by atoms with Gasteiger partial charge in [0, 0.05) is 27.7 Å². The van der Waals surface area contributed by atoms with Crippen molar-refractivity contribution in [3.05, 3.63) is 46.3 Å². The molecule has 2 aromatic rings. The molecule has 0 aliphatic heterocycles. The van der Waals surface area contributed by atoms with E-state index in [1.807, 2.05) is 13.1 Å². The van der Waals surface area contributed by atoms with Gasteiger partial charge in [0.1, 0.15) is 4.88 Å². The van der Waals surface area contributed by atoms with Crippen LogP contribution in [0.1, 0.15) is 20.8 Å². The van der Waals surface area contributed by atoms with E-state index in [1.165, 1.54) is 22.5 Å². The molecule has 0 radical (unpaired) electrons. The molecule has 4 nitrogen and oxygen atoms in total. The van der Waals surface area contributed by atoms with Gasteiger partial charge in [-0.25, -0.2) is 0 Å². The third kappa shape index (κ3) is 3.55. The van der Waals surface area contributed by atoms with Crippen LogP contribution in [0.2, 0.25) is 0 Å². The summed E-state index contributed by atoms with van der Waals surface area (Å²) in [5, 5.41) is 0.999. The predicted octanol–water partition coefficient (Wildman–Crippen LogP) is 2.98. The molecule has 0 fully saturated rings. The summed E-state index contributed by atoms with van der Waals surface area (Å²) >= 11 is 1.44. The zero-order valence-corrected chi connectivity index (χ0v) is 13.7. The number of carbonyl (C=O) groups is 1. The van der Waals surface area contributed by atoms with Crippen LogP contribution >= 0.6 is 11.3 Å². The van der Waals surface area contributed by atoms with Crippen LogP contribution in [0.4, 0.5) is 10.7 Å². The minimum Gasteiger partial charge on any atom is -0.397 e. The van der Waals surface area contributed by atoms with Crippen molar-refractivity contribution in [2.24, 2.45) is 0 Å². The summed E-state index contributed by atoms with van der Waals surface area (Å²) in [5.74, 6) is -0.0484. The van der Waals surface area contributed by atoms with Crippen molar-refractivity contribution in [2.45, 2.75) is 13.5 Å². The molecule has 0 aliphatic carbocycles. The van der Waals surface area contributed by atoms with Crippen LogP contribution in [-0.4, -0.2) is 32.0 Å². The fourth-order valence-corrected chi connectivity index (χ4v) is 3.17. The standard InChI is InChI=1S/C16H21N3OS/c1-11-6-5-7-12(8-11)10-19(4)14-9-13(17)15(21-14)16(20)18(2)3/h5-9H,10,17H2,1-4H3. The Bertz CT molecular complexity index is 649. The van der Waals surface area contributed by atoms with E-state index >= 15 is 0 Å². The molecule has 0 saturated heterocycles. The minimum atomic E-state index is -0.0484. The lowest BCUT2D eigenvalue weighted by atomic mass is 10.1. The first-order valence-electron chi connectivity index (χ1n) is 6.76. The van der Waals surface area contributed by atoms with Gasteiger partial charge >= 0.3 is 0 Å². The molecule has 112 valence electrons. The van der Waals surface area contributed by atoms with E-state index in [9.17, 15) is 4.79 Å². The second-order valence-corrected chi connectivity index (χ2v) is 6.44. The number of aryl methyl sites for hydroxylation is 1. The first kappa shape index (κ1) is 15.4. The van der Waals surface area contributed by atoms with Crippen LogP contribution in [-0.2, 0) is 6.54 Å².